The van der Waals surface area contributed by atoms with Gasteiger partial charge in [-0.05, 0) is 6.07 Å². The number of nitro groups is 1. The van der Waals surface area contributed by atoms with Gasteiger partial charge in [0.05, 0.1) is 30.8 Å². The fourth-order valence-corrected chi connectivity index (χ4v) is 2.25. The Kier molecular flexibility index (Phi) is 5.09. The lowest BCUT2D eigenvalue weighted by molar-refractivity contribution is -0.384. The Labute approximate surface area is 135 Å². The largest absolute Gasteiger partial charge is 0.466 e. The monoisotopic (exact) mass is 339 g/mol. The number of β-amino-alcohol motifs (C(OH)–C–C–N with tert-alkyl or cyclic N) is 1. The molecule has 1 aliphatic rings. The Morgan fingerprint density at radius 2 is 2.25 bits per heavy atom. The Morgan fingerprint density at radius 3 is 2.83 bits per heavy atom. The molecule has 0 spiro atoms. The molecule has 0 unspecified atom stereocenters. The molecule has 0 saturated carbocycles. The van der Waals surface area contributed by atoms with Gasteiger partial charge >= 0.3 is 5.97 Å². The first kappa shape index (κ1) is 17.3. The number of halogens is 1. The number of nitrogens with zero attached hydrogens (tertiary/aromatic N) is 2. The molecule has 0 bridgehead atoms. The van der Waals surface area contributed by atoms with E-state index in [1.165, 1.54) is 4.90 Å². The van der Waals surface area contributed by atoms with Crippen molar-refractivity contribution < 1.29 is 28.7 Å². The van der Waals surface area contributed by atoms with Crippen molar-refractivity contribution in [2.24, 2.45) is 0 Å². The van der Waals surface area contributed by atoms with Crippen molar-refractivity contribution in [2.45, 2.75) is 0 Å². The summed E-state index contributed by atoms with van der Waals surface area (Å²) in [6, 6.07) is 2.70. The smallest absolute Gasteiger partial charge is 0.337 e. The molecule has 1 aliphatic heterocycles. The summed E-state index contributed by atoms with van der Waals surface area (Å²) in [6.07, 6.45) is 0. The first-order valence-electron chi connectivity index (χ1n) is 6.81. The number of ether oxygens (including phenoxy) is 1. The molecule has 0 saturated heterocycles. The Bertz CT molecular complexity index is 733. The SMILES string of the molecule is COC(=O)C1=C(Nc2cc(F)ccc2[N+](=O)[O-])C(=O)N(CCO)C1. The number of hydrogen-bond donors (Lipinski definition) is 2. The molecule has 1 aromatic carbocycles. The van der Waals surface area contributed by atoms with E-state index in [-0.39, 0.29) is 36.7 Å². The maximum Gasteiger partial charge on any atom is 0.337 e. The molecular formula is C14H14FN3O6. The lowest BCUT2D eigenvalue weighted by atomic mass is 10.2. The van der Waals surface area contributed by atoms with Crippen molar-refractivity contribution in [3.63, 3.8) is 0 Å². The molecule has 24 heavy (non-hydrogen) atoms. The fraction of sp³-hybridized carbons (Fsp3) is 0.286. The lowest BCUT2D eigenvalue weighted by Crippen LogP contribution is -2.31. The number of nitro benzene ring substituents is 1. The van der Waals surface area contributed by atoms with E-state index >= 15 is 0 Å². The predicted octanol–water partition coefficient (Wildman–Crippen LogP) is 0.407. The summed E-state index contributed by atoms with van der Waals surface area (Å²) in [5.41, 5.74) is -1.03. The first-order valence-corrected chi connectivity index (χ1v) is 6.81. The number of aliphatic hydroxyl groups excluding tert-OH is 1. The van der Waals surface area contributed by atoms with Gasteiger partial charge in [0.15, 0.2) is 0 Å². The minimum atomic E-state index is -0.801. The van der Waals surface area contributed by atoms with E-state index in [4.69, 9.17) is 5.11 Å². The number of amides is 1. The van der Waals surface area contributed by atoms with Crippen molar-refractivity contribution in [1.29, 1.82) is 0 Å². The van der Waals surface area contributed by atoms with Gasteiger partial charge in [-0.1, -0.05) is 0 Å². The van der Waals surface area contributed by atoms with E-state index in [2.05, 4.69) is 10.1 Å². The van der Waals surface area contributed by atoms with E-state index in [1.54, 1.807) is 0 Å². The number of carbonyl (C=O) groups is 2. The Hall–Kier alpha value is -3.01. The van der Waals surface area contributed by atoms with E-state index in [0.717, 1.165) is 25.3 Å². The summed E-state index contributed by atoms with van der Waals surface area (Å²) in [5.74, 6) is -2.20. The third-order valence-electron chi connectivity index (χ3n) is 3.37. The number of benzene rings is 1. The minimum Gasteiger partial charge on any atom is -0.466 e. The molecule has 9 nitrogen and oxygen atoms in total. The average molecular weight is 339 g/mol. The van der Waals surface area contributed by atoms with Crippen LogP contribution in [0, 0.1) is 15.9 Å². The number of anilines is 1. The van der Waals surface area contributed by atoms with Gasteiger partial charge in [-0.15, -0.1) is 0 Å². The minimum absolute atomic E-state index is 0.0320. The molecule has 0 radical (unpaired) electrons. The van der Waals surface area contributed by atoms with Crippen molar-refractivity contribution in [3.05, 3.63) is 45.4 Å². The number of hydrogen-bond acceptors (Lipinski definition) is 7. The van der Waals surface area contributed by atoms with E-state index in [9.17, 15) is 24.1 Å². The number of methoxy groups -OCH3 is 1. The van der Waals surface area contributed by atoms with Crippen LogP contribution in [-0.2, 0) is 14.3 Å². The summed E-state index contributed by atoms with van der Waals surface area (Å²) in [6.45, 7) is -0.485. The molecule has 0 atom stereocenters. The van der Waals surface area contributed by atoms with Crippen molar-refractivity contribution >= 4 is 23.3 Å². The zero-order valence-electron chi connectivity index (χ0n) is 12.6. The molecule has 10 heteroatoms. The predicted molar refractivity (Wildman–Crippen MR) is 79.4 cm³/mol. The summed E-state index contributed by atoms with van der Waals surface area (Å²) in [4.78, 5) is 35.6. The molecule has 2 rings (SSSR count). The second kappa shape index (κ2) is 7.04. The number of aliphatic hydroxyl groups is 1. The third kappa shape index (κ3) is 3.33. The van der Waals surface area contributed by atoms with E-state index in [0.29, 0.717) is 0 Å². The van der Waals surface area contributed by atoms with Crippen LogP contribution in [0.3, 0.4) is 0 Å². The molecule has 1 amide bonds. The molecule has 0 fully saturated rings. The normalized spacial score (nSPS) is 14.1. The van der Waals surface area contributed by atoms with Crippen molar-refractivity contribution in [2.75, 3.05) is 32.1 Å². The number of nitrogens with one attached hydrogen (secondary N) is 1. The van der Waals surface area contributed by atoms with Crippen LogP contribution < -0.4 is 5.32 Å². The molecule has 2 N–H and O–H groups in total. The van der Waals surface area contributed by atoms with Crippen LogP contribution in [0.5, 0.6) is 0 Å². The number of esters is 1. The topological polar surface area (TPSA) is 122 Å². The molecule has 0 aromatic heterocycles. The van der Waals surface area contributed by atoms with E-state index in [1.807, 2.05) is 0 Å². The lowest BCUT2D eigenvalue weighted by Gasteiger charge is -2.15. The van der Waals surface area contributed by atoms with Gasteiger partial charge in [-0.25, -0.2) is 9.18 Å². The Balaban J connectivity index is 2.44. The summed E-state index contributed by atoms with van der Waals surface area (Å²) < 4.78 is 18.0. The van der Waals surface area contributed by atoms with Crippen LogP contribution in [0.15, 0.2) is 29.5 Å². The van der Waals surface area contributed by atoms with Crippen molar-refractivity contribution in [1.82, 2.24) is 4.90 Å². The second-order valence-corrected chi connectivity index (χ2v) is 4.84. The Morgan fingerprint density at radius 1 is 1.54 bits per heavy atom. The first-order chi connectivity index (χ1) is 11.4. The zero-order valence-corrected chi connectivity index (χ0v) is 12.6. The number of carbonyl (C=O) groups excluding carboxylic acids is 2. The van der Waals surface area contributed by atoms with Gasteiger partial charge in [0.25, 0.3) is 11.6 Å². The highest BCUT2D eigenvalue weighted by Gasteiger charge is 2.35. The maximum atomic E-state index is 13.4. The molecular weight excluding hydrogens is 325 g/mol. The van der Waals surface area contributed by atoms with Gasteiger partial charge < -0.3 is 20.1 Å². The van der Waals surface area contributed by atoms with Crippen LogP contribution in [-0.4, -0.2) is 53.6 Å². The van der Waals surface area contributed by atoms with Crippen molar-refractivity contribution in [3.8, 4) is 0 Å². The van der Waals surface area contributed by atoms with Crippen LogP contribution in [0.2, 0.25) is 0 Å². The summed E-state index contributed by atoms with van der Waals surface area (Å²) in [7, 11) is 1.12. The van der Waals surface area contributed by atoms with Gasteiger partial charge in [-0.3, -0.25) is 14.9 Å². The quantitative estimate of drug-likeness (QED) is 0.437. The van der Waals surface area contributed by atoms with Crippen LogP contribution in [0.4, 0.5) is 15.8 Å². The molecule has 128 valence electrons. The highest BCUT2D eigenvalue weighted by molar-refractivity contribution is 6.08. The average Bonchev–Trinajstić information content (AvgIpc) is 2.84. The molecule has 1 aromatic rings. The molecule has 0 aliphatic carbocycles. The van der Waals surface area contributed by atoms with Gasteiger partial charge in [0.2, 0.25) is 0 Å². The van der Waals surface area contributed by atoms with Crippen LogP contribution in [0.25, 0.3) is 0 Å². The highest BCUT2D eigenvalue weighted by atomic mass is 19.1. The summed E-state index contributed by atoms with van der Waals surface area (Å²) in [5, 5.41) is 22.5. The fourth-order valence-electron chi connectivity index (χ4n) is 2.25. The zero-order chi connectivity index (χ0) is 17.9. The van der Waals surface area contributed by atoms with Gasteiger partial charge in [0.1, 0.15) is 17.2 Å². The standard InChI is InChI=1S/C14H14FN3O6/c1-24-14(21)9-7-17(4-5-19)13(20)12(9)16-10-6-8(15)2-3-11(10)18(22)23/h2-3,6,16,19H,4-5,7H2,1H3. The van der Waals surface area contributed by atoms with Crippen LogP contribution >= 0.6 is 0 Å². The summed E-state index contributed by atoms with van der Waals surface area (Å²) >= 11 is 0. The van der Waals surface area contributed by atoms with Crippen LogP contribution in [0.1, 0.15) is 0 Å². The molecule has 1 heterocycles. The second-order valence-electron chi connectivity index (χ2n) is 4.84. The van der Waals surface area contributed by atoms with Gasteiger partial charge in [-0.2, -0.15) is 0 Å². The van der Waals surface area contributed by atoms with E-state index < -0.39 is 28.3 Å². The van der Waals surface area contributed by atoms with Gasteiger partial charge in [0, 0.05) is 18.7 Å². The highest BCUT2D eigenvalue weighted by Crippen LogP contribution is 2.29. The number of rotatable bonds is 6. The maximum absolute atomic E-state index is 13.4. The third-order valence-corrected chi connectivity index (χ3v) is 3.37.